The summed E-state index contributed by atoms with van der Waals surface area (Å²) in [5.74, 6) is 1.04. The molecule has 3 rings (SSSR count). The van der Waals surface area contributed by atoms with E-state index in [2.05, 4.69) is 20.8 Å². The quantitative estimate of drug-likeness (QED) is 0.823. The van der Waals surface area contributed by atoms with Crippen LogP contribution in [0.3, 0.4) is 0 Å². The number of aryl methyl sites for hydroxylation is 1. The number of carbonyl (C=O) groups is 2. The van der Waals surface area contributed by atoms with Crippen LogP contribution in [0.1, 0.15) is 43.8 Å². The van der Waals surface area contributed by atoms with E-state index in [1.165, 1.54) is 0 Å². The van der Waals surface area contributed by atoms with Crippen LogP contribution in [-0.2, 0) is 11.8 Å². The maximum atomic E-state index is 12.5. The molecule has 1 aromatic heterocycles. The maximum absolute atomic E-state index is 12.5. The molecule has 0 aromatic carbocycles. The molecule has 0 radical (unpaired) electrons. The van der Waals surface area contributed by atoms with E-state index in [1.807, 2.05) is 11.6 Å². The highest BCUT2D eigenvalue weighted by atomic mass is 16.2. The fourth-order valence-corrected chi connectivity index (χ4v) is 3.35. The molecule has 0 unspecified atom stereocenters. The molecule has 0 spiro atoms. The van der Waals surface area contributed by atoms with E-state index in [0.717, 1.165) is 31.5 Å². The second-order valence-electron chi connectivity index (χ2n) is 6.37. The molecule has 2 aliphatic heterocycles. The van der Waals surface area contributed by atoms with Gasteiger partial charge in [-0.2, -0.15) is 0 Å². The molecular formula is C15H24N6O2. The van der Waals surface area contributed by atoms with Crippen molar-refractivity contribution in [2.45, 2.75) is 44.1 Å². The summed E-state index contributed by atoms with van der Waals surface area (Å²) >= 11 is 0. The number of hydrogen-bond acceptors (Lipinski definition) is 4. The van der Waals surface area contributed by atoms with Gasteiger partial charge in [0.25, 0.3) is 0 Å². The zero-order valence-corrected chi connectivity index (χ0v) is 13.5. The Morgan fingerprint density at radius 1 is 1.35 bits per heavy atom. The first kappa shape index (κ1) is 15.8. The van der Waals surface area contributed by atoms with Crippen LogP contribution in [0.2, 0.25) is 0 Å². The monoisotopic (exact) mass is 320 g/mol. The van der Waals surface area contributed by atoms with Gasteiger partial charge in [0, 0.05) is 32.6 Å². The second-order valence-corrected chi connectivity index (χ2v) is 6.37. The first-order valence-electron chi connectivity index (χ1n) is 8.32. The molecule has 2 fully saturated rings. The summed E-state index contributed by atoms with van der Waals surface area (Å²) in [4.78, 5) is 26.3. The van der Waals surface area contributed by atoms with Gasteiger partial charge < -0.3 is 20.1 Å². The third-order valence-corrected chi connectivity index (χ3v) is 4.65. The third-order valence-electron chi connectivity index (χ3n) is 4.65. The van der Waals surface area contributed by atoms with E-state index in [4.69, 9.17) is 0 Å². The summed E-state index contributed by atoms with van der Waals surface area (Å²) in [7, 11) is 1.92. The number of likely N-dealkylation sites (tertiary alicyclic amines) is 1. The largest absolute Gasteiger partial charge is 0.354 e. The van der Waals surface area contributed by atoms with Gasteiger partial charge in [-0.15, -0.1) is 10.2 Å². The number of nitrogens with one attached hydrogen (secondary N) is 2. The van der Waals surface area contributed by atoms with Crippen LogP contribution in [0, 0.1) is 0 Å². The Labute approximate surface area is 135 Å². The normalized spacial score (nSPS) is 25.6. The van der Waals surface area contributed by atoms with Crippen molar-refractivity contribution in [2.75, 3.05) is 19.6 Å². The van der Waals surface area contributed by atoms with E-state index >= 15 is 0 Å². The summed E-state index contributed by atoms with van der Waals surface area (Å²) in [6, 6.07) is -0.570. The van der Waals surface area contributed by atoms with Gasteiger partial charge in [0.1, 0.15) is 18.2 Å². The molecule has 8 nitrogen and oxygen atoms in total. The van der Waals surface area contributed by atoms with Crippen LogP contribution in [0.4, 0.5) is 4.79 Å². The lowest BCUT2D eigenvalue weighted by atomic mass is 9.97. The van der Waals surface area contributed by atoms with Crippen LogP contribution < -0.4 is 10.6 Å². The van der Waals surface area contributed by atoms with Crippen molar-refractivity contribution in [1.82, 2.24) is 30.3 Å². The van der Waals surface area contributed by atoms with Crippen LogP contribution >= 0.6 is 0 Å². The molecular weight excluding hydrogens is 296 g/mol. The predicted octanol–water partition coefficient (Wildman–Crippen LogP) is 0.373. The molecule has 0 bridgehead atoms. The number of aromatic nitrogens is 3. The maximum Gasteiger partial charge on any atom is 0.318 e. The lowest BCUT2D eigenvalue weighted by Crippen LogP contribution is -2.52. The fraction of sp³-hybridized carbons (Fsp3) is 0.733. The molecule has 2 atom stereocenters. The average molecular weight is 320 g/mol. The molecule has 1 aromatic rings. The van der Waals surface area contributed by atoms with Crippen molar-refractivity contribution in [3.63, 3.8) is 0 Å². The zero-order valence-electron chi connectivity index (χ0n) is 13.5. The summed E-state index contributed by atoms with van der Waals surface area (Å²) < 4.78 is 1.91. The van der Waals surface area contributed by atoms with E-state index in [0.29, 0.717) is 26.1 Å². The topological polar surface area (TPSA) is 92.2 Å². The SMILES string of the molecule is Cn1cnnc1[C@H]1CCCN(C(=O)N[C@@H]2CCCCNC2=O)C1. The fourth-order valence-electron chi connectivity index (χ4n) is 3.35. The summed E-state index contributed by atoms with van der Waals surface area (Å²) in [5.41, 5.74) is 0. The minimum Gasteiger partial charge on any atom is -0.354 e. The second kappa shape index (κ2) is 6.97. The van der Waals surface area contributed by atoms with Crippen molar-refractivity contribution in [2.24, 2.45) is 7.05 Å². The Kier molecular flexibility index (Phi) is 4.78. The minimum atomic E-state index is -0.416. The molecule has 0 saturated carbocycles. The number of rotatable bonds is 2. The number of piperidine rings is 1. The third kappa shape index (κ3) is 3.62. The standard InChI is InChI=1S/C15H24N6O2/c1-20-10-17-19-13(20)11-5-4-8-21(9-11)15(23)18-12-6-2-3-7-16-14(12)22/h10-12H,2-9H2,1H3,(H,16,22)(H,18,23)/t11-,12+/m0/s1. The number of nitrogens with zero attached hydrogens (tertiary/aromatic N) is 4. The van der Waals surface area contributed by atoms with Crippen molar-refractivity contribution < 1.29 is 9.59 Å². The van der Waals surface area contributed by atoms with Crippen molar-refractivity contribution in [1.29, 1.82) is 0 Å². The van der Waals surface area contributed by atoms with Gasteiger partial charge >= 0.3 is 6.03 Å². The van der Waals surface area contributed by atoms with E-state index in [1.54, 1.807) is 11.2 Å². The summed E-state index contributed by atoms with van der Waals surface area (Å²) in [6.07, 6.45) is 6.24. The van der Waals surface area contributed by atoms with Crippen LogP contribution in [0.25, 0.3) is 0 Å². The van der Waals surface area contributed by atoms with Gasteiger partial charge in [-0.25, -0.2) is 4.79 Å². The lowest BCUT2D eigenvalue weighted by molar-refractivity contribution is -0.122. The Morgan fingerprint density at radius 3 is 3.00 bits per heavy atom. The van der Waals surface area contributed by atoms with E-state index in [9.17, 15) is 9.59 Å². The molecule has 23 heavy (non-hydrogen) atoms. The summed E-state index contributed by atoms with van der Waals surface area (Å²) in [5, 5.41) is 13.8. The molecule has 2 N–H and O–H groups in total. The van der Waals surface area contributed by atoms with Crippen LogP contribution in [0.15, 0.2) is 6.33 Å². The number of amides is 3. The average Bonchev–Trinajstić information content (AvgIpc) is 2.89. The molecule has 3 heterocycles. The Morgan fingerprint density at radius 2 is 2.22 bits per heavy atom. The van der Waals surface area contributed by atoms with Gasteiger partial charge in [0.2, 0.25) is 5.91 Å². The van der Waals surface area contributed by atoms with E-state index < -0.39 is 6.04 Å². The smallest absolute Gasteiger partial charge is 0.318 e. The van der Waals surface area contributed by atoms with Gasteiger partial charge in [-0.1, -0.05) is 0 Å². The molecule has 3 amide bonds. The minimum absolute atomic E-state index is 0.0716. The Balaban J connectivity index is 1.60. The molecule has 2 aliphatic rings. The summed E-state index contributed by atoms with van der Waals surface area (Å²) in [6.45, 7) is 2.03. The van der Waals surface area contributed by atoms with Gasteiger partial charge in [0.05, 0.1) is 0 Å². The highest BCUT2D eigenvalue weighted by Gasteiger charge is 2.30. The van der Waals surface area contributed by atoms with Gasteiger partial charge in [-0.05, 0) is 32.1 Å². The number of urea groups is 1. The Bertz CT molecular complexity index is 572. The highest BCUT2D eigenvalue weighted by Crippen LogP contribution is 2.25. The number of carbonyl (C=O) groups excluding carboxylic acids is 2. The van der Waals surface area contributed by atoms with Crippen molar-refractivity contribution in [3.05, 3.63) is 12.2 Å². The van der Waals surface area contributed by atoms with Crippen molar-refractivity contribution in [3.8, 4) is 0 Å². The lowest BCUT2D eigenvalue weighted by Gasteiger charge is -2.33. The molecule has 2 saturated heterocycles. The first-order valence-corrected chi connectivity index (χ1v) is 8.32. The molecule has 126 valence electrons. The van der Waals surface area contributed by atoms with Gasteiger partial charge in [-0.3, -0.25) is 4.79 Å². The first-order chi connectivity index (χ1) is 11.1. The number of hydrogen-bond donors (Lipinski definition) is 2. The Hall–Kier alpha value is -2.12. The van der Waals surface area contributed by atoms with E-state index in [-0.39, 0.29) is 17.9 Å². The molecule has 8 heteroatoms. The molecule has 0 aliphatic carbocycles. The van der Waals surface area contributed by atoms with Gasteiger partial charge in [0.15, 0.2) is 0 Å². The van der Waals surface area contributed by atoms with Crippen LogP contribution in [0.5, 0.6) is 0 Å². The predicted molar refractivity (Wildman–Crippen MR) is 83.7 cm³/mol. The zero-order chi connectivity index (χ0) is 16.2. The highest BCUT2D eigenvalue weighted by molar-refractivity contribution is 5.87. The van der Waals surface area contributed by atoms with Crippen molar-refractivity contribution >= 4 is 11.9 Å². The van der Waals surface area contributed by atoms with Crippen LogP contribution in [-0.4, -0.2) is 57.3 Å².